The summed E-state index contributed by atoms with van der Waals surface area (Å²) in [5.41, 5.74) is 7.13. The zero-order chi connectivity index (χ0) is 10.7. The Morgan fingerprint density at radius 3 is 2.87 bits per heavy atom. The first-order valence-corrected chi connectivity index (χ1v) is 4.83. The van der Waals surface area contributed by atoms with Gasteiger partial charge in [0.15, 0.2) is 0 Å². The molecule has 1 heterocycles. The minimum absolute atomic E-state index is 0.228. The zero-order valence-electron chi connectivity index (χ0n) is 8.27. The molecular weight excluding hydrogens is 190 g/mol. The van der Waals surface area contributed by atoms with Crippen molar-refractivity contribution in [3.8, 4) is 17.1 Å². The van der Waals surface area contributed by atoms with E-state index in [1.54, 1.807) is 18.3 Å². The maximum absolute atomic E-state index is 9.62. The molecule has 0 atom stereocenters. The van der Waals surface area contributed by atoms with Crippen LogP contribution in [0.25, 0.3) is 11.4 Å². The molecule has 4 heteroatoms. The zero-order valence-corrected chi connectivity index (χ0v) is 8.27. The highest BCUT2D eigenvalue weighted by Crippen LogP contribution is 2.25. The highest BCUT2D eigenvalue weighted by Gasteiger charge is 2.06. The van der Waals surface area contributed by atoms with Crippen molar-refractivity contribution in [2.45, 2.75) is 6.42 Å². The van der Waals surface area contributed by atoms with E-state index in [-0.39, 0.29) is 5.75 Å². The van der Waals surface area contributed by atoms with Gasteiger partial charge in [0, 0.05) is 18.3 Å². The maximum Gasteiger partial charge on any atom is 0.141 e. The fraction of sp³-hybridized carbons (Fsp3) is 0.182. The number of rotatable bonds is 3. The predicted molar refractivity (Wildman–Crippen MR) is 58.4 cm³/mol. The minimum Gasteiger partial charge on any atom is -0.507 e. The summed E-state index contributed by atoms with van der Waals surface area (Å²) in [6, 6.07) is 7.10. The number of hydrogen-bond acceptors (Lipinski definition) is 3. The molecule has 78 valence electrons. The first-order valence-electron chi connectivity index (χ1n) is 4.83. The van der Waals surface area contributed by atoms with E-state index in [0.717, 1.165) is 12.1 Å². The molecule has 0 aliphatic rings. The molecule has 0 aliphatic heterocycles. The average Bonchev–Trinajstić information content (AvgIpc) is 2.68. The fourth-order valence-corrected chi connectivity index (χ4v) is 1.45. The van der Waals surface area contributed by atoms with Crippen molar-refractivity contribution in [2.24, 2.45) is 5.73 Å². The van der Waals surface area contributed by atoms with E-state index in [0.29, 0.717) is 17.9 Å². The number of hydrogen-bond donors (Lipinski definition) is 3. The number of aromatic hydroxyl groups is 1. The van der Waals surface area contributed by atoms with Gasteiger partial charge in [0.05, 0.1) is 5.56 Å². The van der Waals surface area contributed by atoms with Crippen molar-refractivity contribution in [3.05, 3.63) is 36.2 Å². The van der Waals surface area contributed by atoms with E-state index in [1.165, 1.54) is 0 Å². The number of nitrogens with zero attached hydrogens (tertiary/aromatic N) is 1. The summed E-state index contributed by atoms with van der Waals surface area (Å²) in [6.07, 6.45) is 2.51. The average molecular weight is 203 g/mol. The van der Waals surface area contributed by atoms with Crippen molar-refractivity contribution in [3.63, 3.8) is 0 Å². The quantitative estimate of drug-likeness (QED) is 0.703. The third-order valence-corrected chi connectivity index (χ3v) is 2.20. The first kappa shape index (κ1) is 9.73. The Morgan fingerprint density at radius 2 is 2.13 bits per heavy atom. The Balaban J connectivity index is 2.33. The molecule has 0 saturated heterocycles. The van der Waals surface area contributed by atoms with Crippen molar-refractivity contribution in [1.29, 1.82) is 0 Å². The number of para-hydroxylation sites is 1. The van der Waals surface area contributed by atoms with Gasteiger partial charge in [-0.1, -0.05) is 12.1 Å². The molecule has 0 unspecified atom stereocenters. The van der Waals surface area contributed by atoms with Crippen LogP contribution in [0.15, 0.2) is 30.5 Å². The summed E-state index contributed by atoms with van der Waals surface area (Å²) in [5, 5.41) is 9.62. The first-order chi connectivity index (χ1) is 7.31. The highest BCUT2D eigenvalue weighted by molar-refractivity contribution is 5.63. The lowest BCUT2D eigenvalue weighted by molar-refractivity contribution is 0.477. The molecule has 0 spiro atoms. The number of nitrogens with one attached hydrogen (secondary N) is 1. The van der Waals surface area contributed by atoms with Crippen LogP contribution in [-0.2, 0) is 6.42 Å². The van der Waals surface area contributed by atoms with Gasteiger partial charge in [0.25, 0.3) is 0 Å². The topological polar surface area (TPSA) is 74.9 Å². The number of aromatic nitrogens is 2. The van der Waals surface area contributed by atoms with Gasteiger partial charge in [-0.05, 0) is 18.7 Å². The molecule has 2 aromatic rings. The van der Waals surface area contributed by atoms with Crippen LogP contribution < -0.4 is 5.73 Å². The maximum atomic E-state index is 9.62. The van der Waals surface area contributed by atoms with Crippen LogP contribution in [0.2, 0.25) is 0 Å². The number of phenols is 1. The number of benzene rings is 1. The normalized spacial score (nSPS) is 10.5. The van der Waals surface area contributed by atoms with Crippen LogP contribution in [0.1, 0.15) is 5.69 Å². The van der Waals surface area contributed by atoms with Crippen LogP contribution in [0.5, 0.6) is 5.75 Å². The van der Waals surface area contributed by atoms with Crippen LogP contribution in [0.4, 0.5) is 0 Å². The van der Waals surface area contributed by atoms with Gasteiger partial charge in [0.1, 0.15) is 11.6 Å². The SMILES string of the molecule is NCCc1cnc(-c2ccccc2O)[nH]1. The van der Waals surface area contributed by atoms with Crippen molar-refractivity contribution >= 4 is 0 Å². The summed E-state index contributed by atoms with van der Waals surface area (Å²) in [5.74, 6) is 0.905. The summed E-state index contributed by atoms with van der Waals surface area (Å²) >= 11 is 0. The molecule has 0 bridgehead atoms. The van der Waals surface area contributed by atoms with Crippen LogP contribution in [0, 0.1) is 0 Å². The van der Waals surface area contributed by atoms with E-state index < -0.39 is 0 Å². The minimum atomic E-state index is 0.228. The highest BCUT2D eigenvalue weighted by atomic mass is 16.3. The Kier molecular flexibility index (Phi) is 2.69. The number of H-pyrrole nitrogens is 1. The molecule has 0 aliphatic carbocycles. The summed E-state index contributed by atoms with van der Waals surface area (Å²) in [6.45, 7) is 0.586. The van der Waals surface area contributed by atoms with Crippen molar-refractivity contribution < 1.29 is 5.11 Å². The second-order valence-corrected chi connectivity index (χ2v) is 3.31. The Labute approximate surface area is 87.8 Å². The molecule has 1 aromatic heterocycles. The molecule has 0 saturated carbocycles. The summed E-state index contributed by atoms with van der Waals surface area (Å²) in [7, 11) is 0. The third kappa shape index (κ3) is 1.99. The van der Waals surface area contributed by atoms with E-state index >= 15 is 0 Å². The van der Waals surface area contributed by atoms with Crippen LogP contribution in [0.3, 0.4) is 0 Å². The lowest BCUT2D eigenvalue weighted by Gasteiger charge is -1.99. The van der Waals surface area contributed by atoms with Gasteiger partial charge in [-0.2, -0.15) is 0 Å². The molecule has 4 N–H and O–H groups in total. The lowest BCUT2D eigenvalue weighted by Crippen LogP contribution is -2.02. The molecule has 0 fully saturated rings. The fourth-order valence-electron chi connectivity index (χ4n) is 1.45. The predicted octanol–water partition coefficient (Wildman–Crippen LogP) is 1.28. The van der Waals surface area contributed by atoms with Crippen molar-refractivity contribution in [2.75, 3.05) is 6.54 Å². The van der Waals surface area contributed by atoms with Crippen LogP contribution in [-0.4, -0.2) is 21.6 Å². The largest absolute Gasteiger partial charge is 0.507 e. The lowest BCUT2D eigenvalue weighted by atomic mass is 10.2. The molecule has 15 heavy (non-hydrogen) atoms. The Hall–Kier alpha value is -1.81. The third-order valence-electron chi connectivity index (χ3n) is 2.20. The summed E-state index contributed by atoms with van der Waals surface area (Å²) in [4.78, 5) is 7.31. The van der Waals surface area contributed by atoms with Gasteiger partial charge in [0.2, 0.25) is 0 Å². The van der Waals surface area contributed by atoms with E-state index in [4.69, 9.17) is 5.73 Å². The molecule has 0 amide bonds. The van der Waals surface area contributed by atoms with Gasteiger partial charge in [-0.25, -0.2) is 4.98 Å². The smallest absolute Gasteiger partial charge is 0.141 e. The van der Waals surface area contributed by atoms with Gasteiger partial charge in [-0.15, -0.1) is 0 Å². The molecule has 2 rings (SSSR count). The summed E-state index contributed by atoms with van der Waals surface area (Å²) < 4.78 is 0. The number of imidazole rings is 1. The molecular formula is C11H13N3O. The Morgan fingerprint density at radius 1 is 1.33 bits per heavy atom. The second-order valence-electron chi connectivity index (χ2n) is 3.31. The van der Waals surface area contributed by atoms with Crippen molar-refractivity contribution in [1.82, 2.24) is 9.97 Å². The standard InChI is InChI=1S/C11H13N3O/c12-6-5-8-7-13-11(14-8)9-3-1-2-4-10(9)15/h1-4,7,15H,5-6,12H2,(H,13,14). The van der Waals surface area contributed by atoms with Gasteiger partial charge < -0.3 is 15.8 Å². The van der Waals surface area contributed by atoms with Crippen LogP contribution >= 0.6 is 0 Å². The van der Waals surface area contributed by atoms with Gasteiger partial charge >= 0.3 is 0 Å². The Bertz CT molecular complexity index is 451. The molecule has 1 aromatic carbocycles. The van der Waals surface area contributed by atoms with E-state index in [2.05, 4.69) is 9.97 Å². The monoisotopic (exact) mass is 203 g/mol. The number of aromatic amines is 1. The number of nitrogens with two attached hydrogens (primary N) is 1. The number of phenolic OH excluding ortho intramolecular Hbond substituents is 1. The van der Waals surface area contributed by atoms with Gasteiger partial charge in [-0.3, -0.25) is 0 Å². The molecule has 4 nitrogen and oxygen atoms in total. The second kappa shape index (κ2) is 4.14. The van der Waals surface area contributed by atoms with E-state index in [9.17, 15) is 5.11 Å². The molecule has 0 radical (unpaired) electrons. The van der Waals surface area contributed by atoms with E-state index in [1.807, 2.05) is 12.1 Å².